The fourth-order valence-corrected chi connectivity index (χ4v) is 3.15. The quantitative estimate of drug-likeness (QED) is 0.491. The van der Waals surface area contributed by atoms with Crippen LogP contribution >= 0.6 is 12.4 Å². The number of hydrogen-bond acceptors (Lipinski definition) is 3. The van der Waals surface area contributed by atoms with E-state index in [1.54, 1.807) is 0 Å². The Balaban J connectivity index is 0.00000420. The molecule has 4 heteroatoms. The van der Waals surface area contributed by atoms with Crippen LogP contribution in [0.25, 0.3) is 0 Å². The molecule has 0 saturated heterocycles. The first kappa shape index (κ1) is 25.1. The van der Waals surface area contributed by atoms with Gasteiger partial charge >= 0.3 is 0 Å². The van der Waals surface area contributed by atoms with Crippen molar-refractivity contribution in [3.63, 3.8) is 0 Å². The summed E-state index contributed by atoms with van der Waals surface area (Å²) in [5.74, 6) is 0.347. The van der Waals surface area contributed by atoms with Crippen LogP contribution in [0.2, 0.25) is 0 Å². The molecule has 3 nitrogen and oxygen atoms in total. The Hall–Kier alpha value is -1.97. The van der Waals surface area contributed by atoms with Gasteiger partial charge in [0.15, 0.2) is 11.6 Å². The van der Waals surface area contributed by atoms with Crippen molar-refractivity contribution < 1.29 is 9.59 Å². The monoisotopic (exact) mass is 415 g/mol. The van der Waals surface area contributed by atoms with Gasteiger partial charge in [0, 0.05) is 28.5 Å². The lowest BCUT2D eigenvalue weighted by atomic mass is 9.81. The minimum absolute atomic E-state index is 0. The van der Waals surface area contributed by atoms with Gasteiger partial charge in [-0.1, -0.05) is 89.2 Å². The van der Waals surface area contributed by atoms with Crippen molar-refractivity contribution in [2.75, 3.05) is 13.6 Å². The molecule has 0 amide bonds. The molecule has 0 spiro atoms. The van der Waals surface area contributed by atoms with Crippen LogP contribution in [0.5, 0.6) is 0 Å². The van der Waals surface area contributed by atoms with Crippen molar-refractivity contribution in [3.05, 3.63) is 71.3 Å². The number of carbonyl (C=O) groups excluding carboxylic acids is 2. The van der Waals surface area contributed by atoms with Crippen LogP contribution in [-0.2, 0) is 6.54 Å². The first-order valence-electron chi connectivity index (χ1n) is 9.93. The van der Waals surface area contributed by atoms with Crippen LogP contribution in [0, 0.1) is 10.8 Å². The highest BCUT2D eigenvalue weighted by Gasteiger charge is 2.28. The fraction of sp³-hybridized carbons (Fsp3) is 0.440. The fourth-order valence-electron chi connectivity index (χ4n) is 3.15. The second-order valence-electron chi connectivity index (χ2n) is 9.34. The Morgan fingerprint density at radius 3 is 1.83 bits per heavy atom. The first-order valence-corrected chi connectivity index (χ1v) is 9.93. The normalized spacial score (nSPS) is 11.8. The molecule has 0 N–H and O–H groups in total. The van der Waals surface area contributed by atoms with Gasteiger partial charge in [-0.3, -0.25) is 9.59 Å². The van der Waals surface area contributed by atoms with Gasteiger partial charge in [-0.25, -0.2) is 0 Å². The maximum absolute atomic E-state index is 12.8. The SMILES string of the molecule is CN(CCC(C)(C)C(=O)c1ccccc1)Cc1ccc(C(=O)C(C)(C)C)cc1.Cl. The topological polar surface area (TPSA) is 37.4 Å². The third kappa shape index (κ3) is 7.09. The lowest BCUT2D eigenvalue weighted by molar-refractivity contribution is 0.0810. The Labute approximate surface area is 181 Å². The van der Waals surface area contributed by atoms with E-state index in [-0.39, 0.29) is 29.4 Å². The molecule has 0 aromatic heterocycles. The highest BCUT2D eigenvalue weighted by Crippen LogP contribution is 2.26. The second kappa shape index (κ2) is 10.2. The Kier molecular flexibility index (Phi) is 8.80. The largest absolute Gasteiger partial charge is 0.302 e. The summed E-state index contributed by atoms with van der Waals surface area (Å²) in [6, 6.07) is 17.4. The molecule has 29 heavy (non-hydrogen) atoms. The van der Waals surface area contributed by atoms with E-state index >= 15 is 0 Å². The zero-order valence-corrected chi connectivity index (χ0v) is 19.3. The van der Waals surface area contributed by atoms with Crippen molar-refractivity contribution in [2.24, 2.45) is 10.8 Å². The smallest absolute Gasteiger partial charge is 0.168 e. The molecule has 0 radical (unpaired) electrons. The highest BCUT2D eigenvalue weighted by molar-refractivity contribution is 6.00. The number of ketones is 2. The van der Waals surface area contributed by atoms with Crippen molar-refractivity contribution in [2.45, 2.75) is 47.6 Å². The summed E-state index contributed by atoms with van der Waals surface area (Å²) in [7, 11) is 2.07. The summed E-state index contributed by atoms with van der Waals surface area (Å²) in [4.78, 5) is 27.3. The third-order valence-corrected chi connectivity index (χ3v) is 5.12. The van der Waals surface area contributed by atoms with E-state index in [1.165, 1.54) is 5.56 Å². The number of benzene rings is 2. The molecule has 0 aliphatic rings. The highest BCUT2D eigenvalue weighted by atomic mass is 35.5. The lowest BCUT2D eigenvalue weighted by Gasteiger charge is -2.26. The predicted octanol–water partition coefficient (Wildman–Crippen LogP) is 6.07. The number of Topliss-reactive ketones (excluding diaryl/α,β-unsaturated/α-hetero) is 2. The number of rotatable bonds is 8. The van der Waals surface area contributed by atoms with Gasteiger partial charge in [0.2, 0.25) is 0 Å². The van der Waals surface area contributed by atoms with E-state index in [9.17, 15) is 9.59 Å². The molecule has 0 aliphatic heterocycles. The zero-order chi connectivity index (χ0) is 20.9. The molecule has 0 bridgehead atoms. The summed E-state index contributed by atoms with van der Waals surface area (Å²) >= 11 is 0. The van der Waals surface area contributed by atoms with Gasteiger partial charge in [0.05, 0.1) is 0 Å². The maximum atomic E-state index is 12.8. The van der Waals surface area contributed by atoms with E-state index in [2.05, 4.69) is 11.9 Å². The van der Waals surface area contributed by atoms with E-state index < -0.39 is 5.41 Å². The van der Waals surface area contributed by atoms with E-state index in [4.69, 9.17) is 0 Å². The summed E-state index contributed by atoms with van der Waals surface area (Å²) in [6.45, 7) is 11.5. The zero-order valence-electron chi connectivity index (χ0n) is 18.5. The van der Waals surface area contributed by atoms with Gasteiger partial charge in [-0.2, -0.15) is 0 Å². The molecule has 0 unspecified atom stereocenters. The van der Waals surface area contributed by atoms with Crippen molar-refractivity contribution in [1.29, 1.82) is 0 Å². The minimum atomic E-state index is -0.404. The van der Waals surface area contributed by atoms with Crippen LogP contribution in [0.15, 0.2) is 54.6 Å². The predicted molar refractivity (Wildman–Crippen MR) is 123 cm³/mol. The van der Waals surface area contributed by atoms with Crippen LogP contribution < -0.4 is 0 Å². The summed E-state index contributed by atoms with van der Waals surface area (Å²) in [6.07, 6.45) is 0.790. The molecule has 2 aromatic rings. The Morgan fingerprint density at radius 1 is 0.793 bits per heavy atom. The molecular formula is C25H34ClNO2. The van der Waals surface area contributed by atoms with Gasteiger partial charge in [-0.05, 0) is 25.6 Å². The van der Waals surface area contributed by atoms with E-state index in [0.29, 0.717) is 0 Å². The number of carbonyl (C=O) groups is 2. The van der Waals surface area contributed by atoms with Gasteiger partial charge in [-0.15, -0.1) is 12.4 Å². The standard InChI is InChI=1S/C25H33NO2.ClH/c1-24(2,3)22(27)21-14-12-19(13-15-21)18-26(6)17-16-25(4,5)23(28)20-10-8-7-9-11-20;/h7-15H,16-18H2,1-6H3;1H. The van der Waals surface area contributed by atoms with E-state index in [0.717, 1.165) is 30.6 Å². The van der Waals surface area contributed by atoms with Crippen LogP contribution in [0.1, 0.15) is 67.3 Å². The average molecular weight is 416 g/mol. The third-order valence-electron chi connectivity index (χ3n) is 5.12. The molecule has 0 atom stereocenters. The molecule has 2 aromatic carbocycles. The summed E-state index contributed by atoms with van der Waals surface area (Å²) < 4.78 is 0. The van der Waals surface area contributed by atoms with Crippen molar-refractivity contribution >= 4 is 24.0 Å². The Morgan fingerprint density at radius 2 is 1.31 bits per heavy atom. The van der Waals surface area contributed by atoms with Crippen LogP contribution in [0.3, 0.4) is 0 Å². The molecule has 158 valence electrons. The lowest BCUT2D eigenvalue weighted by Crippen LogP contribution is -2.30. The van der Waals surface area contributed by atoms with Crippen LogP contribution in [0.4, 0.5) is 0 Å². The second-order valence-corrected chi connectivity index (χ2v) is 9.34. The maximum Gasteiger partial charge on any atom is 0.168 e. The average Bonchev–Trinajstić information content (AvgIpc) is 2.66. The molecule has 0 saturated carbocycles. The minimum Gasteiger partial charge on any atom is -0.302 e. The molecular weight excluding hydrogens is 382 g/mol. The summed E-state index contributed by atoms with van der Waals surface area (Å²) in [5, 5.41) is 0. The number of nitrogens with zero attached hydrogens (tertiary/aromatic N) is 1. The molecule has 0 heterocycles. The van der Waals surface area contributed by atoms with Gasteiger partial charge in [0.1, 0.15) is 0 Å². The Bertz CT molecular complexity index is 805. The molecule has 0 aliphatic carbocycles. The van der Waals surface area contributed by atoms with Crippen molar-refractivity contribution in [1.82, 2.24) is 4.90 Å². The van der Waals surface area contributed by atoms with E-state index in [1.807, 2.05) is 89.2 Å². The molecule has 2 rings (SSSR count). The number of halogens is 1. The first-order chi connectivity index (χ1) is 13.0. The number of hydrogen-bond donors (Lipinski definition) is 0. The van der Waals surface area contributed by atoms with Gasteiger partial charge in [0.25, 0.3) is 0 Å². The molecule has 0 fully saturated rings. The van der Waals surface area contributed by atoms with Crippen LogP contribution in [-0.4, -0.2) is 30.1 Å². The van der Waals surface area contributed by atoms with Crippen molar-refractivity contribution in [3.8, 4) is 0 Å². The summed E-state index contributed by atoms with van der Waals surface area (Å²) in [5.41, 5.74) is 1.93. The van der Waals surface area contributed by atoms with Gasteiger partial charge < -0.3 is 4.90 Å².